The molecule has 3 nitrogen and oxygen atoms in total. The van der Waals surface area contributed by atoms with Crippen LogP contribution in [0.5, 0.6) is 0 Å². The molecule has 22 heavy (non-hydrogen) atoms. The van der Waals surface area contributed by atoms with Crippen LogP contribution in [0.25, 0.3) is 0 Å². The van der Waals surface area contributed by atoms with E-state index in [1.165, 1.54) is 12.1 Å². The minimum Gasteiger partial charge on any atom is -0.352 e. The summed E-state index contributed by atoms with van der Waals surface area (Å²) in [4.78, 5) is 3.99. The molecule has 116 valence electrons. The Morgan fingerprint density at radius 2 is 1.55 bits per heavy atom. The molecule has 0 aliphatic rings. The number of nitrogens with zero attached hydrogens (tertiary/aromatic N) is 1. The second kappa shape index (κ2) is 7.49. The summed E-state index contributed by atoms with van der Waals surface area (Å²) >= 11 is 0. The third kappa shape index (κ3) is 4.51. The first kappa shape index (κ1) is 15.9. The van der Waals surface area contributed by atoms with Crippen LogP contribution < -0.4 is 10.6 Å². The van der Waals surface area contributed by atoms with Gasteiger partial charge >= 0.3 is 0 Å². The van der Waals surface area contributed by atoms with Crippen molar-refractivity contribution in [3.05, 3.63) is 71.0 Å². The molecule has 0 aliphatic heterocycles. The average Bonchev–Trinajstić information content (AvgIpc) is 2.52. The number of benzene rings is 2. The standard InChI is InChI=1S/C16H16F3N3/c1-20-16(21-9-11-2-4-13(17)5-3-11)22-10-12-8-14(18)6-7-15(12)19/h2-8H,9-10H2,1H3,(H2,20,21,22). The number of hydrogen-bond acceptors (Lipinski definition) is 1. The molecule has 2 aromatic carbocycles. The van der Waals surface area contributed by atoms with Crippen LogP contribution in [0.3, 0.4) is 0 Å². The number of nitrogens with one attached hydrogen (secondary N) is 2. The fraction of sp³-hybridized carbons (Fsp3) is 0.188. The minimum absolute atomic E-state index is 0.104. The van der Waals surface area contributed by atoms with Gasteiger partial charge in [0.15, 0.2) is 5.96 Å². The molecule has 0 radical (unpaired) electrons. The monoisotopic (exact) mass is 307 g/mol. The van der Waals surface area contributed by atoms with Gasteiger partial charge in [0.1, 0.15) is 17.5 Å². The molecule has 6 heteroatoms. The van der Waals surface area contributed by atoms with Gasteiger partial charge in [0.05, 0.1) is 0 Å². The molecular weight excluding hydrogens is 291 g/mol. The minimum atomic E-state index is -0.493. The topological polar surface area (TPSA) is 36.4 Å². The van der Waals surface area contributed by atoms with Crippen LogP contribution in [0, 0.1) is 17.5 Å². The first-order valence-electron chi connectivity index (χ1n) is 6.71. The Hall–Kier alpha value is -2.50. The van der Waals surface area contributed by atoms with Crippen molar-refractivity contribution in [2.45, 2.75) is 13.1 Å². The van der Waals surface area contributed by atoms with Gasteiger partial charge in [-0.2, -0.15) is 0 Å². The Morgan fingerprint density at radius 3 is 2.23 bits per heavy atom. The Kier molecular flexibility index (Phi) is 5.41. The molecule has 0 aromatic heterocycles. The fourth-order valence-electron chi connectivity index (χ4n) is 1.87. The average molecular weight is 307 g/mol. The van der Waals surface area contributed by atoms with Gasteiger partial charge in [-0.3, -0.25) is 4.99 Å². The summed E-state index contributed by atoms with van der Waals surface area (Å²) in [5.41, 5.74) is 1.09. The predicted molar refractivity (Wildman–Crippen MR) is 79.8 cm³/mol. The van der Waals surface area contributed by atoms with Gasteiger partial charge < -0.3 is 10.6 Å². The first-order chi connectivity index (χ1) is 10.6. The van der Waals surface area contributed by atoms with E-state index in [1.807, 2.05) is 0 Å². The molecule has 2 aromatic rings. The zero-order valence-electron chi connectivity index (χ0n) is 12.0. The van der Waals surface area contributed by atoms with E-state index in [0.717, 1.165) is 23.8 Å². The molecule has 0 spiro atoms. The molecule has 0 saturated carbocycles. The molecular formula is C16H16F3N3. The summed E-state index contributed by atoms with van der Waals surface area (Å²) in [5, 5.41) is 5.90. The summed E-state index contributed by atoms with van der Waals surface area (Å²) < 4.78 is 39.4. The number of hydrogen-bond donors (Lipinski definition) is 2. The third-order valence-electron chi connectivity index (χ3n) is 3.05. The van der Waals surface area contributed by atoms with Gasteiger partial charge in [0, 0.05) is 25.7 Å². The van der Waals surface area contributed by atoms with Gasteiger partial charge in [-0.15, -0.1) is 0 Å². The predicted octanol–water partition coefficient (Wildman–Crippen LogP) is 2.97. The van der Waals surface area contributed by atoms with E-state index < -0.39 is 11.6 Å². The van der Waals surface area contributed by atoms with E-state index in [4.69, 9.17) is 0 Å². The zero-order valence-corrected chi connectivity index (χ0v) is 12.0. The van der Waals surface area contributed by atoms with Crippen molar-refractivity contribution >= 4 is 5.96 Å². The quantitative estimate of drug-likeness (QED) is 0.673. The highest BCUT2D eigenvalue weighted by atomic mass is 19.1. The molecule has 2 N–H and O–H groups in total. The van der Waals surface area contributed by atoms with E-state index in [0.29, 0.717) is 12.5 Å². The molecule has 0 bridgehead atoms. The van der Waals surface area contributed by atoms with Crippen molar-refractivity contribution < 1.29 is 13.2 Å². The van der Waals surface area contributed by atoms with Gasteiger partial charge in [-0.1, -0.05) is 12.1 Å². The van der Waals surface area contributed by atoms with Crippen molar-refractivity contribution in [2.24, 2.45) is 4.99 Å². The maximum atomic E-state index is 13.5. The zero-order chi connectivity index (χ0) is 15.9. The lowest BCUT2D eigenvalue weighted by molar-refractivity contribution is 0.581. The lowest BCUT2D eigenvalue weighted by atomic mass is 10.2. The Bertz CT molecular complexity index is 654. The molecule has 0 heterocycles. The summed E-state index contributed by atoms with van der Waals surface area (Å²) in [6, 6.07) is 9.34. The maximum Gasteiger partial charge on any atom is 0.191 e. The Balaban J connectivity index is 1.90. The number of guanidine groups is 1. The second-order valence-electron chi connectivity index (χ2n) is 4.64. The van der Waals surface area contributed by atoms with Crippen molar-refractivity contribution in [3.63, 3.8) is 0 Å². The van der Waals surface area contributed by atoms with Crippen LogP contribution in [0.4, 0.5) is 13.2 Å². The van der Waals surface area contributed by atoms with Gasteiger partial charge in [-0.25, -0.2) is 13.2 Å². The molecule has 0 amide bonds. The molecule has 0 unspecified atom stereocenters. The number of halogens is 3. The van der Waals surface area contributed by atoms with Crippen molar-refractivity contribution in [3.8, 4) is 0 Å². The fourth-order valence-corrected chi connectivity index (χ4v) is 1.87. The third-order valence-corrected chi connectivity index (χ3v) is 3.05. The molecule has 2 rings (SSSR count). The van der Waals surface area contributed by atoms with Crippen molar-refractivity contribution in [1.82, 2.24) is 10.6 Å². The maximum absolute atomic E-state index is 13.5. The Labute approximate surface area is 126 Å². The van der Waals surface area contributed by atoms with Gasteiger partial charge in [0.25, 0.3) is 0 Å². The summed E-state index contributed by atoms with van der Waals surface area (Å²) in [5.74, 6) is -0.837. The van der Waals surface area contributed by atoms with Gasteiger partial charge in [-0.05, 0) is 35.9 Å². The normalized spacial score (nSPS) is 11.4. The summed E-state index contributed by atoms with van der Waals surface area (Å²) in [7, 11) is 1.57. The van der Waals surface area contributed by atoms with Crippen molar-refractivity contribution in [1.29, 1.82) is 0 Å². The lowest BCUT2D eigenvalue weighted by Gasteiger charge is -2.12. The number of aliphatic imine (C=N–C) groups is 1. The van der Waals surface area contributed by atoms with Crippen LogP contribution in [0.2, 0.25) is 0 Å². The van der Waals surface area contributed by atoms with Gasteiger partial charge in [0.2, 0.25) is 0 Å². The number of rotatable bonds is 4. The molecule has 0 atom stereocenters. The molecule has 0 aliphatic carbocycles. The van der Waals surface area contributed by atoms with Crippen molar-refractivity contribution in [2.75, 3.05) is 7.05 Å². The van der Waals surface area contributed by atoms with Crippen LogP contribution in [-0.4, -0.2) is 13.0 Å². The van der Waals surface area contributed by atoms with E-state index >= 15 is 0 Å². The summed E-state index contributed by atoms with van der Waals surface area (Å²) in [6.45, 7) is 0.540. The SMILES string of the molecule is CN=C(NCc1ccc(F)cc1)NCc1cc(F)ccc1F. The largest absolute Gasteiger partial charge is 0.352 e. The van der Waals surface area contributed by atoms with Crippen LogP contribution in [0.15, 0.2) is 47.5 Å². The van der Waals surface area contributed by atoms with E-state index in [9.17, 15) is 13.2 Å². The van der Waals surface area contributed by atoms with E-state index in [-0.39, 0.29) is 17.9 Å². The first-order valence-corrected chi connectivity index (χ1v) is 6.71. The highest BCUT2D eigenvalue weighted by Gasteiger charge is 2.05. The second-order valence-corrected chi connectivity index (χ2v) is 4.64. The van der Waals surface area contributed by atoms with Crippen LogP contribution >= 0.6 is 0 Å². The Morgan fingerprint density at radius 1 is 0.909 bits per heavy atom. The van der Waals surface area contributed by atoms with Crippen LogP contribution in [-0.2, 0) is 13.1 Å². The smallest absolute Gasteiger partial charge is 0.191 e. The van der Waals surface area contributed by atoms with Crippen LogP contribution in [0.1, 0.15) is 11.1 Å². The van der Waals surface area contributed by atoms with E-state index in [1.54, 1.807) is 19.2 Å². The molecule has 0 fully saturated rings. The molecule has 0 saturated heterocycles. The highest BCUT2D eigenvalue weighted by molar-refractivity contribution is 5.79. The lowest BCUT2D eigenvalue weighted by Crippen LogP contribution is -2.36. The highest BCUT2D eigenvalue weighted by Crippen LogP contribution is 2.09. The van der Waals surface area contributed by atoms with E-state index in [2.05, 4.69) is 15.6 Å². The summed E-state index contributed by atoms with van der Waals surface area (Å²) in [6.07, 6.45) is 0.